The van der Waals surface area contributed by atoms with Gasteiger partial charge < -0.3 is 15.5 Å². The molecule has 2 N–H and O–H groups in total. The van der Waals surface area contributed by atoms with E-state index in [4.69, 9.17) is 0 Å². The van der Waals surface area contributed by atoms with Crippen LogP contribution in [0.1, 0.15) is 69.7 Å². The molecule has 1 aromatic carbocycles. The SMILES string of the molecule is CC(C)(C)C(=O)Nc1ccc(C(=O)N2CCCC(C(=O)NC3CCCC3)C2)cc1. The number of piperidine rings is 1. The highest BCUT2D eigenvalue weighted by molar-refractivity contribution is 5.97. The lowest BCUT2D eigenvalue weighted by Gasteiger charge is -2.32. The van der Waals surface area contributed by atoms with Gasteiger partial charge in [-0.2, -0.15) is 0 Å². The molecule has 3 rings (SSSR count). The van der Waals surface area contributed by atoms with Crippen molar-refractivity contribution in [3.63, 3.8) is 0 Å². The zero-order valence-corrected chi connectivity index (χ0v) is 17.8. The van der Waals surface area contributed by atoms with Crippen LogP contribution in [0.4, 0.5) is 5.69 Å². The van der Waals surface area contributed by atoms with Gasteiger partial charge in [0.25, 0.3) is 5.91 Å². The summed E-state index contributed by atoms with van der Waals surface area (Å²) >= 11 is 0. The van der Waals surface area contributed by atoms with Crippen molar-refractivity contribution >= 4 is 23.4 Å². The molecule has 29 heavy (non-hydrogen) atoms. The molecule has 1 aliphatic carbocycles. The van der Waals surface area contributed by atoms with E-state index in [2.05, 4.69) is 10.6 Å². The summed E-state index contributed by atoms with van der Waals surface area (Å²) < 4.78 is 0. The summed E-state index contributed by atoms with van der Waals surface area (Å²) in [4.78, 5) is 39.4. The molecule has 6 heteroatoms. The largest absolute Gasteiger partial charge is 0.353 e. The van der Waals surface area contributed by atoms with E-state index in [0.717, 1.165) is 25.7 Å². The Hall–Kier alpha value is -2.37. The molecule has 2 fully saturated rings. The number of benzene rings is 1. The Bertz CT molecular complexity index is 746. The minimum atomic E-state index is -0.476. The molecule has 1 unspecified atom stereocenters. The maximum absolute atomic E-state index is 12.9. The molecule has 6 nitrogen and oxygen atoms in total. The van der Waals surface area contributed by atoms with Crippen molar-refractivity contribution in [3.8, 4) is 0 Å². The number of hydrogen-bond donors (Lipinski definition) is 2. The molecule has 0 radical (unpaired) electrons. The zero-order valence-electron chi connectivity index (χ0n) is 17.8. The van der Waals surface area contributed by atoms with Crippen molar-refractivity contribution in [2.24, 2.45) is 11.3 Å². The van der Waals surface area contributed by atoms with Gasteiger partial charge in [-0.25, -0.2) is 0 Å². The third-order valence-corrected chi connectivity index (χ3v) is 5.85. The van der Waals surface area contributed by atoms with E-state index in [9.17, 15) is 14.4 Å². The molecule has 1 saturated carbocycles. The molecular formula is C23H33N3O3. The Labute approximate surface area is 173 Å². The van der Waals surface area contributed by atoms with Crippen LogP contribution < -0.4 is 10.6 Å². The highest BCUT2D eigenvalue weighted by Gasteiger charge is 2.30. The van der Waals surface area contributed by atoms with Crippen molar-refractivity contribution in [1.29, 1.82) is 0 Å². The van der Waals surface area contributed by atoms with Crippen LogP contribution in [0.2, 0.25) is 0 Å². The minimum absolute atomic E-state index is 0.0583. The number of carbonyl (C=O) groups excluding carboxylic acids is 3. The first-order valence-electron chi connectivity index (χ1n) is 10.8. The molecule has 0 aromatic heterocycles. The second kappa shape index (κ2) is 8.97. The number of amides is 3. The van der Waals surface area contributed by atoms with Crippen LogP contribution in [-0.4, -0.2) is 41.8 Å². The number of nitrogens with zero attached hydrogens (tertiary/aromatic N) is 1. The average molecular weight is 400 g/mol. The lowest BCUT2D eigenvalue weighted by molar-refractivity contribution is -0.127. The van der Waals surface area contributed by atoms with E-state index in [1.807, 2.05) is 20.8 Å². The van der Waals surface area contributed by atoms with E-state index >= 15 is 0 Å². The Balaban J connectivity index is 1.57. The standard InChI is InChI=1S/C23H33N3O3/c1-23(2,3)22(29)25-19-12-10-16(11-13-19)21(28)26-14-6-7-17(15-26)20(27)24-18-8-4-5-9-18/h10-13,17-18H,4-9,14-15H2,1-3H3,(H,24,27)(H,25,29). The van der Waals surface area contributed by atoms with E-state index < -0.39 is 5.41 Å². The molecule has 1 aromatic rings. The normalized spacial score (nSPS) is 20.4. The second-order valence-corrected chi connectivity index (χ2v) is 9.36. The Morgan fingerprint density at radius 3 is 2.24 bits per heavy atom. The first kappa shape index (κ1) is 21.3. The van der Waals surface area contributed by atoms with Crippen LogP contribution in [-0.2, 0) is 9.59 Å². The Morgan fingerprint density at radius 1 is 0.966 bits per heavy atom. The molecule has 2 aliphatic rings. The third kappa shape index (κ3) is 5.58. The van der Waals surface area contributed by atoms with Gasteiger partial charge in [0.2, 0.25) is 11.8 Å². The smallest absolute Gasteiger partial charge is 0.253 e. The summed E-state index contributed by atoms with van der Waals surface area (Å²) in [7, 11) is 0. The molecule has 0 spiro atoms. The summed E-state index contributed by atoms with van der Waals surface area (Å²) in [6.07, 6.45) is 6.19. The average Bonchev–Trinajstić information content (AvgIpc) is 3.20. The van der Waals surface area contributed by atoms with Crippen molar-refractivity contribution in [2.75, 3.05) is 18.4 Å². The van der Waals surface area contributed by atoms with E-state index in [1.54, 1.807) is 29.2 Å². The zero-order chi connectivity index (χ0) is 21.0. The fraction of sp³-hybridized carbons (Fsp3) is 0.609. The van der Waals surface area contributed by atoms with Gasteiger partial charge in [-0.1, -0.05) is 33.6 Å². The first-order chi connectivity index (χ1) is 13.7. The van der Waals surface area contributed by atoms with Crippen LogP contribution in [0.3, 0.4) is 0 Å². The Morgan fingerprint density at radius 2 is 1.62 bits per heavy atom. The maximum Gasteiger partial charge on any atom is 0.253 e. The maximum atomic E-state index is 12.9. The van der Waals surface area contributed by atoms with Crippen LogP contribution in [0.5, 0.6) is 0 Å². The molecule has 1 saturated heterocycles. The number of rotatable bonds is 4. The molecule has 158 valence electrons. The number of anilines is 1. The topological polar surface area (TPSA) is 78.5 Å². The van der Waals surface area contributed by atoms with Crippen molar-refractivity contribution in [3.05, 3.63) is 29.8 Å². The van der Waals surface area contributed by atoms with Gasteiger partial charge in [-0.3, -0.25) is 14.4 Å². The minimum Gasteiger partial charge on any atom is -0.353 e. The lowest BCUT2D eigenvalue weighted by atomic mass is 9.95. The van der Waals surface area contributed by atoms with Gasteiger partial charge in [0.1, 0.15) is 0 Å². The van der Waals surface area contributed by atoms with Gasteiger partial charge in [0.05, 0.1) is 5.92 Å². The summed E-state index contributed by atoms with van der Waals surface area (Å²) in [5.74, 6) is -0.158. The highest BCUT2D eigenvalue weighted by atomic mass is 16.2. The monoisotopic (exact) mass is 399 g/mol. The molecular weight excluding hydrogens is 366 g/mol. The van der Waals surface area contributed by atoms with Crippen molar-refractivity contribution < 1.29 is 14.4 Å². The predicted octanol–water partition coefficient (Wildman–Crippen LogP) is 3.58. The highest BCUT2D eigenvalue weighted by Crippen LogP contribution is 2.23. The van der Waals surface area contributed by atoms with Gasteiger partial charge in [-0.15, -0.1) is 0 Å². The first-order valence-corrected chi connectivity index (χ1v) is 10.8. The van der Waals surface area contributed by atoms with Crippen LogP contribution in [0, 0.1) is 11.3 Å². The number of hydrogen-bond acceptors (Lipinski definition) is 3. The van der Waals surface area contributed by atoms with E-state index in [1.165, 1.54) is 12.8 Å². The lowest BCUT2D eigenvalue weighted by Crippen LogP contribution is -2.47. The second-order valence-electron chi connectivity index (χ2n) is 9.36. The van der Waals surface area contributed by atoms with Gasteiger partial charge >= 0.3 is 0 Å². The van der Waals surface area contributed by atoms with Gasteiger partial charge in [-0.05, 0) is 49.9 Å². The summed E-state index contributed by atoms with van der Waals surface area (Å²) in [5, 5.41) is 6.04. The van der Waals surface area contributed by atoms with Gasteiger partial charge in [0.15, 0.2) is 0 Å². The van der Waals surface area contributed by atoms with Crippen molar-refractivity contribution in [2.45, 2.75) is 65.3 Å². The molecule has 0 bridgehead atoms. The summed E-state index contributed by atoms with van der Waals surface area (Å²) in [5.41, 5.74) is 0.778. The third-order valence-electron chi connectivity index (χ3n) is 5.85. The van der Waals surface area contributed by atoms with Crippen molar-refractivity contribution in [1.82, 2.24) is 10.2 Å². The summed E-state index contributed by atoms with van der Waals surface area (Å²) in [6, 6.07) is 7.30. The van der Waals surface area contributed by atoms with E-state index in [0.29, 0.717) is 30.4 Å². The molecule has 1 heterocycles. The van der Waals surface area contributed by atoms with Crippen LogP contribution in [0.25, 0.3) is 0 Å². The quantitative estimate of drug-likeness (QED) is 0.812. The molecule has 3 amide bonds. The fourth-order valence-electron chi connectivity index (χ4n) is 3.96. The predicted molar refractivity (Wildman–Crippen MR) is 114 cm³/mol. The van der Waals surface area contributed by atoms with Crippen LogP contribution in [0.15, 0.2) is 24.3 Å². The number of nitrogens with one attached hydrogen (secondary N) is 2. The van der Waals surface area contributed by atoms with Crippen LogP contribution >= 0.6 is 0 Å². The Kier molecular flexibility index (Phi) is 6.60. The number of carbonyl (C=O) groups is 3. The van der Waals surface area contributed by atoms with Gasteiger partial charge in [0, 0.05) is 35.8 Å². The fourth-order valence-corrected chi connectivity index (χ4v) is 3.96. The summed E-state index contributed by atoms with van der Waals surface area (Å²) in [6.45, 7) is 6.72. The molecule has 1 aliphatic heterocycles. The molecule has 1 atom stereocenters. The number of likely N-dealkylation sites (tertiary alicyclic amines) is 1. The van der Waals surface area contributed by atoms with E-state index in [-0.39, 0.29) is 23.6 Å².